The first-order valence-corrected chi connectivity index (χ1v) is 6.24. The zero-order valence-electron chi connectivity index (χ0n) is 9.49. The molecular weight excluding hydrogens is 270 g/mol. The number of aliphatic imine (C=N–C) groups is 2. The molecule has 7 nitrogen and oxygen atoms in total. The number of carboxylic acid groups (broad SMARTS) is 1. The van der Waals surface area contributed by atoms with E-state index in [1.165, 1.54) is 0 Å². The van der Waals surface area contributed by atoms with Crippen LogP contribution in [0.2, 0.25) is 0 Å². The second kappa shape index (κ2) is 4.16. The highest BCUT2D eigenvalue weighted by molar-refractivity contribution is 8.18. The highest BCUT2D eigenvalue weighted by Gasteiger charge is 2.40. The lowest BCUT2D eigenvalue weighted by Gasteiger charge is -2.25. The van der Waals surface area contributed by atoms with Gasteiger partial charge in [-0.15, -0.1) is 0 Å². The summed E-state index contributed by atoms with van der Waals surface area (Å²) >= 11 is 1.09. The summed E-state index contributed by atoms with van der Waals surface area (Å²) in [6.45, 7) is 0. The van der Waals surface area contributed by atoms with Crippen molar-refractivity contribution in [3.8, 4) is 0 Å². The molecule has 0 spiro atoms. The smallest absolute Gasteiger partial charge is 0.355 e. The van der Waals surface area contributed by atoms with Crippen molar-refractivity contribution in [2.24, 2.45) is 9.98 Å². The summed E-state index contributed by atoms with van der Waals surface area (Å²) < 4.78 is 0. The Morgan fingerprint density at radius 3 is 2.42 bits per heavy atom. The minimum absolute atomic E-state index is 0.123. The molecule has 2 amide bonds. The molecular formula is C11H7N3O4S. The number of carboxylic acids is 1. The third-order valence-electron chi connectivity index (χ3n) is 2.73. The maximum Gasteiger partial charge on any atom is 0.355 e. The first kappa shape index (κ1) is 11.8. The molecule has 0 aromatic rings. The highest BCUT2D eigenvalue weighted by Crippen LogP contribution is 2.37. The first-order chi connectivity index (χ1) is 9.08. The van der Waals surface area contributed by atoms with E-state index in [0.29, 0.717) is 9.95 Å². The predicted octanol–water partition coefficient (Wildman–Crippen LogP) is 0.503. The molecule has 3 rings (SSSR count). The van der Waals surface area contributed by atoms with E-state index in [4.69, 9.17) is 5.11 Å². The summed E-state index contributed by atoms with van der Waals surface area (Å²) in [5.41, 5.74) is -0.143. The van der Waals surface area contributed by atoms with Gasteiger partial charge in [0.15, 0.2) is 11.5 Å². The van der Waals surface area contributed by atoms with E-state index in [1.807, 2.05) is 0 Å². The molecule has 3 heterocycles. The number of hydrogen-bond acceptors (Lipinski definition) is 6. The molecule has 8 heteroatoms. The predicted molar refractivity (Wildman–Crippen MR) is 67.3 cm³/mol. The summed E-state index contributed by atoms with van der Waals surface area (Å²) in [5, 5.41) is 9.60. The van der Waals surface area contributed by atoms with Gasteiger partial charge in [-0.3, -0.25) is 9.59 Å². The maximum atomic E-state index is 11.6. The summed E-state index contributed by atoms with van der Waals surface area (Å²) in [6.07, 6.45) is 3.56. The lowest BCUT2D eigenvalue weighted by Crippen LogP contribution is -2.36. The van der Waals surface area contributed by atoms with Gasteiger partial charge in [-0.1, -0.05) is 11.8 Å². The fourth-order valence-electron chi connectivity index (χ4n) is 1.76. The topological polar surface area (TPSA) is 99.4 Å². The van der Waals surface area contributed by atoms with Crippen molar-refractivity contribution >= 4 is 40.3 Å². The molecule has 0 atom stereocenters. The molecule has 0 radical (unpaired) electrons. The Morgan fingerprint density at radius 1 is 1.32 bits per heavy atom. The van der Waals surface area contributed by atoms with Gasteiger partial charge >= 0.3 is 5.97 Å². The molecule has 1 fully saturated rings. The van der Waals surface area contributed by atoms with E-state index >= 15 is 0 Å². The Kier molecular flexibility index (Phi) is 2.59. The third kappa shape index (κ3) is 1.80. The van der Waals surface area contributed by atoms with Gasteiger partial charge < -0.3 is 5.11 Å². The molecule has 0 aliphatic carbocycles. The van der Waals surface area contributed by atoms with Crippen LogP contribution in [0.4, 0.5) is 0 Å². The third-order valence-corrected chi connectivity index (χ3v) is 3.76. The largest absolute Gasteiger partial charge is 0.476 e. The Morgan fingerprint density at radius 2 is 1.95 bits per heavy atom. The summed E-state index contributed by atoms with van der Waals surface area (Å²) in [5.74, 6) is -1.76. The van der Waals surface area contributed by atoms with Crippen LogP contribution < -0.4 is 0 Å². The number of rotatable bonds is 3. The van der Waals surface area contributed by atoms with Gasteiger partial charge in [-0.05, 0) is 6.08 Å². The van der Waals surface area contributed by atoms with Gasteiger partial charge in [0.25, 0.3) is 0 Å². The van der Waals surface area contributed by atoms with Gasteiger partial charge in [0.2, 0.25) is 11.8 Å². The molecule has 0 unspecified atom stereocenters. The molecule has 1 N–H and O–H groups in total. The number of nitrogens with zero attached hydrogens (tertiary/aromatic N) is 3. The molecule has 0 saturated carbocycles. The molecule has 96 valence electrons. The van der Waals surface area contributed by atoms with Crippen molar-refractivity contribution < 1.29 is 19.5 Å². The van der Waals surface area contributed by atoms with E-state index in [1.54, 1.807) is 12.3 Å². The molecule has 0 bridgehead atoms. The summed E-state index contributed by atoms with van der Waals surface area (Å²) in [6, 6.07) is 0. The van der Waals surface area contributed by atoms with Gasteiger partial charge in [-0.25, -0.2) is 19.7 Å². The minimum Gasteiger partial charge on any atom is -0.476 e. The monoisotopic (exact) mass is 277 g/mol. The van der Waals surface area contributed by atoms with Crippen molar-refractivity contribution in [1.29, 1.82) is 0 Å². The number of likely N-dealkylation sites (tertiary alicyclic amines) is 1. The number of thioether (sulfide) groups is 1. The lowest BCUT2D eigenvalue weighted by atomic mass is 10.2. The molecule has 3 aliphatic heterocycles. The van der Waals surface area contributed by atoms with Gasteiger partial charge in [-0.2, -0.15) is 0 Å². The second-order valence-electron chi connectivity index (χ2n) is 3.93. The van der Waals surface area contributed by atoms with Gasteiger partial charge in [0.1, 0.15) is 5.04 Å². The van der Waals surface area contributed by atoms with E-state index < -0.39 is 5.97 Å². The zero-order chi connectivity index (χ0) is 13.6. The Labute approximate surface area is 111 Å². The number of imide groups is 1. The van der Waals surface area contributed by atoms with Crippen molar-refractivity contribution in [3.63, 3.8) is 0 Å². The van der Waals surface area contributed by atoms with E-state index in [-0.39, 0.29) is 36.2 Å². The second-order valence-corrected chi connectivity index (χ2v) is 4.96. The quantitative estimate of drug-likeness (QED) is 0.757. The molecule has 1 saturated heterocycles. The number of amides is 2. The van der Waals surface area contributed by atoms with Crippen LogP contribution in [0.3, 0.4) is 0 Å². The highest BCUT2D eigenvalue weighted by atomic mass is 32.2. The molecule has 19 heavy (non-hydrogen) atoms. The summed E-state index contributed by atoms with van der Waals surface area (Å²) in [4.78, 5) is 43.2. The fourth-order valence-corrected chi connectivity index (χ4v) is 2.67. The normalized spacial score (nSPS) is 21.2. The molecule has 0 aromatic carbocycles. The minimum atomic E-state index is -1.19. The van der Waals surface area contributed by atoms with Crippen LogP contribution in [-0.4, -0.2) is 38.5 Å². The lowest BCUT2D eigenvalue weighted by molar-refractivity contribution is -0.136. The van der Waals surface area contributed by atoms with Crippen LogP contribution >= 0.6 is 11.8 Å². The van der Waals surface area contributed by atoms with Crippen molar-refractivity contribution in [3.05, 3.63) is 23.0 Å². The zero-order valence-corrected chi connectivity index (χ0v) is 10.3. The van der Waals surface area contributed by atoms with Crippen LogP contribution in [0.1, 0.15) is 12.8 Å². The Balaban J connectivity index is 1.90. The standard InChI is InChI=1S/C11H7N3O4S/c15-6-1-2-7(16)14(6)10-9(8(13-10)11(17)18)19-5-3-4-12-5/h3-4H,1-2H2,(H,17,18). The summed E-state index contributed by atoms with van der Waals surface area (Å²) in [7, 11) is 0. The number of carbonyl (C=O) groups excluding carboxylic acids is 2. The number of hydrogen-bond donors (Lipinski definition) is 1. The van der Waals surface area contributed by atoms with Gasteiger partial charge in [0.05, 0.1) is 4.91 Å². The number of aliphatic carboxylic acids is 1. The van der Waals surface area contributed by atoms with Crippen molar-refractivity contribution in [2.75, 3.05) is 0 Å². The van der Waals surface area contributed by atoms with Crippen LogP contribution in [0.5, 0.6) is 0 Å². The average molecular weight is 277 g/mol. The van der Waals surface area contributed by atoms with Crippen LogP contribution in [-0.2, 0) is 14.4 Å². The Bertz CT molecular complexity index is 628. The first-order valence-electron chi connectivity index (χ1n) is 5.42. The van der Waals surface area contributed by atoms with Crippen molar-refractivity contribution in [1.82, 2.24) is 4.90 Å². The fraction of sp³-hybridized carbons (Fsp3) is 0.182. The maximum absolute atomic E-state index is 11.6. The van der Waals surface area contributed by atoms with E-state index in [0.717, 1.165) is 16.7 Å². The van der Waals surface area contributed by atoms with Crippen molar-refractivity contribution in [2.45, 2.75) is 12.8 Å². The van der Waals surface area contributed by atoms with Gasteiger partial charge in [0, 0.05) is 19.0 Å². The van der Waals surface area contributed by atoms with Crippen LogP contribution in [0.25, 0.3) is 0 Å². The van der Waals surface area contributed by atoms with E-state index in [2.05, 4.69) is 9.98 Å². The molecule has 0 aromatic heterocycles. The Hall–Kier alpha value is -2.22. The average Bonchev–Trinajstić information content (AvgIpc) is 2.57. The molecule has 3 aliphatic rings. The number of carbonyl (C=O) groups is 3. The van der Waals surface area contributed by atoms with Crippen LogP contribution in [0.15, 0.2) is 33.0 Å². The SMILES string of the molecule is O=C(O)C1=NC(N2C(=O)CCC2=O)=C1SC1=NC=C1. The van der Waals surface area contributed by atoms with E-state index in [9.17, 15) is 14.4 Å². The van der Waals surface area contributed by atoms with Crippen LogP contribution in [0, 0.1) is 0 Å².